The maximum atomic E-state index is 11.8. The molecule has 15 heavy (non-hydrogen) atoms. The SMILES string of the molecule is CC1C(=O)N(C)CCN1C1CCCNC1. The third-order valence-electron chi connectivity index (χ3n) is 3.66. The molecule has 2 saturated heterocycles. The normalized spacial score (nSPS) is 34.5. The van der Waals surface area contributed by atoms with Crippen LogP contribution in [0.3, 0.4) is 0 Å². The van der Waals surface area contributed by atoms with E-state index in [0.717, 1.165) is 26.2 Å². The van der Waals surface area contributed by atoms with E-state index in [9.17, 15) is 4.79 Å². The topological polar surface area (TPSA) is 35.6 Å². The molecule has 86 valence electrons. The van der Waals surface area contributed by atoms with Gasteiger partial charge in [-0.1, -0.05) is 0 Å². The van der Waals surface area contributed by atoms with Gasteiger partial charge in [0.15, 0.2) is 0 Å². The molecule has 0 aromatic rings. The van der Waals surface area contributed by atoms with Crippen LogP contribution >= 0.6 is 0 Å². The van der Waals surface area contributed by atoms with Crippen molar-refractivity contribution in [2.75, 3.05) is 33.2 Å². The zero-order valence-corrected chi connectivity index (χ0v) is 9.70. The molecule has 2 heterocycles. The first kappa shape index (κ1) is 10.9. The number of rotatable bonds is 1. The lowest BCUT2D eigenvalue weighted by atomic mass is 10.0. The van der Waals surface area contributed by atoms with E-state index in [4.69, 9.17) is 0 Å². The first-order valence-electron chi connectivity index (χ1n) is 5.91. The summed E-state index contributed by atoms with van der Waals surface area (Å²) in [5.74, 6) is 0.270. The molecule has 2 fully saturated rings. The molecule has 2 atom stereocenters. The lowest BCUT2D eigenvalue weighted by Crippen LogP contribution is -2.60. The largest absolute Gasteiger partial charge is 0.343 e. The number of carbonyl (C=O) groups is 1. The van der Waals surface area contributed by atoms with Gasteiger partial charge in [0, 0.05) is 32.7 Å². The molecule has 0 aliphatic carbocycles. The summed E-state index contributed by atoms with van der Waals surface area (Å²) in [5.41, 5.74) is 0. The molecule has 0 aromatic carbocycles. The van der Waals surface area contributed by atoms with Gasteiger partial charge in [0.2, 0.25) is 5.91 Å². The molecule has 2 aliphatic heterocycles. The number of amides is 1. The van der Waals surface area contributed by atoms with Crippen LogP contribution in [0.1, 0.15) is 19.8 Å². The summed E-state index contributed by atoms with van der Waals surface area (Å²) >= 11 is 0. The Morgan fingerprint density at radius 1 is 1.40 bits per heavy atom. The molecule has 4 heteroatoms. The number of likely N-dealkylation sites (N-methyl/N-ethyl adjacent to an activating group) is 1. The van der Waals surface area contributed by atoms with Gasteiger partial charge in [0.1, 0.15) is 0 Å². The van der Waals surface area contributed by atoms with Crippen molar-refractivity contribution in [2.45, 2.75) is 31.8 Å². The van der Waals surface area contributed by atoms with E-state index in [2.05, 4.69) is 10.2 Å². The summed E-state index contributed by atoms with van der Waals surface area (Å²) in [6, 6.07) is 0.625. The molecule has 2 unspecified atom stereocenters. The minimum atomic E-state index is 0.0636. The minimum Gasteiger partial charge on any atom is -0.343 e. The Labute approximate surface area is 91.6 Å². The van der Waals surface area contributed by atoms with Gasteiger partial charge in [-0.05, 0) is 26.3 Å². The van der Waals surface area contributed by atoms with Crippen LogP contribution in [0.25, 0.3) is 0 Å². The lowest BCUT2D eigenvalue weighted by Gasteiger charge is -2.43. The van der Waals surface area contributed by atoms with Crippen molar-refractivity contribution in [3.8, 4) is 0 Å². The Kier molecular flexibility index (Phi) is 3.26. The first-order valence-corrected chi connectivity index (χ1v) is 5.91. The molecular formula is C11H21N3O. The molecule has 1 N–H and O–H groups in total. The zero-order chi connectivity index (χ0) is 10.8. The quantitative estimate of drug-likeness (QED) is 0.658. The molecular weight excluding hydrogens is 190 g/mol. The van der Waals surface area contributed by atoms with Gasteiger partial charge in [-0.15, -0.1) is 0 Å². The lowest BCUT2D eigenvalue weighted by molar-refractivity contribution is -0.141. The van der Waals surface area contributed by atoms with Crippen LogP contribution in [-0.2, 0) is 4.79 Å². The van der Waals surface area contributed by atoms with Crippen molar-refractivity contribution < 1.29 is 4.79 Å². The van der Waals surface area contributed by atoms with Crippen LogP contribution in [-0.4, -0.2) is 61.0 Å². The molecule has 0 radical (unpaired) electrons. The number of piperidine rings is 1. The maximum Gasteiger partial charge on any atom is 0.239 e. The van der Waals surface area contributed by atoms with Crippen molar-refractivity contribution in [2.24, 2.45) is 0 Å². The first-order chi connectivity index (χ1) is 7.20. The van der Waals surface area contributed by atoms with E-state index in [1.165, 1.54) is 12.8 Å². The van der Waals surface area contributed by atoms with Crippen LogP contribution in [0.2, 0.25) is 0 Å². The van der Waals surface area contributed by atoms with Gasteiger partial charge in [-0.3, -0.25) is 9.69 Å². The van der Waals surface area contributed by atoms with Gasteiger partial charge in [-0.2, -0.15) is 0 Å². The average molecular weight is 211 g/mol. The van der Waals surface area contributed by atoms with E-state index >= 15 is 0 Å². The second-order valence-corrected chi connectivity index (χ2v) is 4.67. The summed E-state index contributed by atoms with van der Waals surface area (Å²) < 4.78 is 0. The third-order valence-corrected chi connectivity index (χ3v) is 3.66. The van der Waals surface area contributed by atoms with Crippen LogP contribution in [0.15, 0.2) is 0 Å². The number of hydrogen-bond acceptors (Lipinski definition) is 3. The molecule has 2 aliphatic rings. The van der Waals surface area contributed by atoms with Gasteiger partial charge in [0.05, 0.1) is 6.04 Å². The van der Waals surface area contributed by atoms with Crippen LogP contribution in [0, 0.1) is 0 Å². The summed E-state index contributed by atoms with van der Waals surface area (Å²) in [7, 11) is 1.90. The van der Waals surface area contributed by atoms with Crippen molar-refractivity contribution in [3.63, 3.8) is 0 Å². The molecule has 0 spiro atoms. The summed E-state index contributed by atoms with van der Waals surface area (Å²) in [5, 5.41) is 3.41. The summed E-state index contributed by atoms with van der Waals surface area (Å²) in [6.07, 6.45) is 2.46. The summed E-state index contributed by atoms with van der Waals surface area (Å²) in [6.45, 7) is 6.11. The van der Waals surface area contributed by atoms with Crippen molar-refractivity contribution in [1.82, 2.24) is 15.1 Å². The highest BCUT2D eigenvalue weighted by Gasteiger charge is 2.34. The second kappa shape index (κ2) is 4.49. The number of nitrogens with one attached hydrogen (secondary N) is 1. The fourth-order valence-electron chi connectivity index (χ4n) is 2.65. The Hall–Kier alpha value is -0.610. The maximum absolute atomic E-state index is 11.8. The molecule has 4 nitrogen and oxygen atoms in total. The average Bonchev–Trinajstić information content (AvgIpc) is 2.27. The number of nitrogens with zero attached hydrogens (tertiary/aromatic N) is 2. The van der Waals surface area contributed by atoms with Crippen molar-refractivity contribution >= 4 is 5.91 Å². The van der Waals surface area contributed by atoms with E-state index < -0.39 is 0 Å². The second-order valence-electron chi connectivity index (χ2n) is 4.67. The third kappa shape index (κ3) is 2.16. The Morgan fingerprint density at radius 3 is 2.87 bits per heavy atom. The van der Waals surface area contributed by atoms with Crippen LogP contribution in [0.5, 0.6) is 0 Å². The fraction of sp³-hybridized carbons (Fsp3) is 0.909. The van der Waals surface area contributed by atoms with E-state index in [1.807, 2.05) is 18.9 Å². The highest BCUT2D eigenvalue weighted by molar-refractivity contribution is 5.82. The standard InChI is InChI=1S/C11H21N3O/c1-9-11(15)13(2)6-7-14(9)10-4-3-5-12-8-10/h9-10,12H,3-8H2,1-2H3. The predicted octanol–water partition coefficient (Wildman–Crippen LogP) is -0.0991. The van der Waals surface area contributed by atoms with Gasteiger partial charge in [-0.25, -0.2) is 0 Å². The number of piperazine rings is 1. The molecule has 2 rings (SSSR count). The van der Waals surface area contributed by atoms with Crippen LogP contribution < -0.4 is 5.32 Å². The molecule has 0 saturated carbocycles. The van der Waals surface area contributed by atoms with E-state index in [0.29, 0.717) is 6.04 Å². The highest BCUT2D eigenvalue weighted by atomic mass is 16.2. The molecule has 0 aromatic heterocycles. The Bertz CT molecular complexity index is 238. The Morgan fingerprint density at radius 2 is 2.20 bits per heavy atom. The van der Waals surface area contributed by atoms with Crippen molar-refractivity contribution in [3.05, 3.63) is 0 Å². The van der Waals surface area contributed by atoms with Crippen LogP contribution in [0.4, 0.5) is 0 Å². The highest BCUT2D eigenvalue weighted by Crippen LogP contribution is 2.17. The Balaban J connectivity index is 1.99. The minimum absolute atomic E-state index is 0.0636. The monoisotopic (exact) mass is 211 g/mol. The van der Waals surface area contributed by atoms with E-state index in [-0.39, 0.29) is 11.9 Å². The van der Waals surface area contributed by atoms with Gasteiger partial charge < -0.3 is 10.2 Å². The van der Waals surface area contributed by atoms with E-state index in [1.54, 1.807) is 0 Å². The molecule has 0 bridgehead atoms. The van der Waals surface area contributed by atoms with Gasteiger partial charge >= 0.3 is 0 Å². The number of carbonyl (C=O) groups excluding carboxylic acids is 1. The predicted molar refractivity (Wildman–Crippen MR) is 59.7 cm³/mol. The smallest absolute Gasteiger partial charge is 0.239 e. The fourth-order valence-corrected chi connectivity index (χ4v) is 2.65. The van der Waals surface area contributed by atoms with Gasteiger partial charge in [0.25, 0.3) is 0 Å². The van der Waals surface area contributed by atoms with Crippen molar-refractivity contribution in [1.29, 1.82) is 0 Å². The zero-order valence-electron chi connectivity index (χ0n) is 9.70. The summed E-state index contributed by atoms with van der Waals surface area (Å²) in [4.78, 5) is 16.1. The number of hydrogen-bond donors (Lipinski definition) is 1. The molecule has 1 amide bonds.